The molecule has 1 aliphatic heterocycles. The van der Waals surface area contributed by atoms with Gasteiger partial charge in [0.05, 0.1) is 5.41 Å². The van der Waals surface area contributed by atoms with Gasteiger partial charge in [-0.05, 0) is 42.2 Å². The minimum absolute atomic E-state index is 0.000254. The summed E-state index contributed by atoms with van der Waals surface area (Å²) in [4.78, 5) is 31.7. The monoisotopic (exact) mass is 403 g/mol. The molecular formula is C21H21N7O2. The topological polar surface area (TPSA) is 97.1 Å². The lowest BCUT2D eigenvalue weighted by Crippen LogP contribution is -2.49. The van der Waals surface area contributed by atoms with Crippen LogP contribution in [0, 0.1) is 0 Å². The van der Waals surface area contributed by atoms with Crippen molar-refractivity contribution >= 4 is 11.8 Å². The molecule has 0 spiro atoms. The molecule has 152 valence electrons. The second-order valence-corrected chi connectivity index (χ2v) is 7.61. The Morgan fingerprint density at radius 3 is 2.47 bits per heavy atom. The molecule has 0 atom stereocenters. The number of aromatic nitrogens is 5. The van der Waals surface area contributed by atoms with E-state index >= 15 is 0 Å². The van der Waals surface area contributed by atoms with Gasteiger partial charge in [-0.15, -0.1) is 10.2 Å². The number of nitrogens with zero attached hydrogens (tertiary/aromatic N) is 7. The van der Waals surface area contributed by atoms with Crippen molar-refractivity contribution in [2.24, 2.45) is 0 Å². The van der Waals surface area contributed by atoms with Crippen molar-refractivity contribution in [1.82, 2.24) is 35.2 Å². The summed E-state index contributed by atoms with van der Waals surface area (Å²) in [7, 11) is 0. The van der Waals surface area contributed by atoms with Crippen LogP contribution in [0.5, 0.6) is 0 Å². The molecule has 1 aliphatic carbocycles. The van der Waals surface area contributed by atoms with Crippen LogP contribution >= 0.6 is 0 Å². The van der Waals surface area contributed by atoms with Crippen LogP contribution in [0.25, 0.3) is 11.5 Å². The maximum atomic E-state index is 13.4. The smallest absolute Gasteiger partial charge is 0.264 e. The molecule has 1 saturated heterocycles. The number of rotatable bonds is 5. The molecule has 30 heavy (non-hydrogen) atoms. The lowest BCUT2D eigenvalue weighted by molar-refractivity contribution is -0.160. The lowest BCUT2D eigenvalue weighted by atomic mass is 9.95. The van der Waals surface area contributed by atoms with E-state index in [4.69, 9.17) is 0 Å². The Morgan fingerprint density at radius 1 is 0.967 bits per heavy atom. The molecule has 5 rings (SSSR count). The van der Waals surface area contributed by atoms with Crippen LogP contribution in [0.4, 0.5) is 0 Å². The molecule has 0 unspecified atom stereocenters. The maximum absolute atomic E-state index is 13.4. The zero-order valence-electron chi connectivity index (χ0n) is 16.4. The predicted octanol–water partition coefficient (Wildman–Crippen LogP) is 1.44. The van der Waals surface area contributed by atoms with Gasteiger partial charge in [-0.2, -0.15) is 4.80 Å². The summed E-state index contributed by atoms with van der Waals surface area (Å²) in [5, 5.41) is 15.3. The van der Waals surface area contributed by atoms with Crippen molar-refractivity contribution in [2.45, 2.75) is 31.2 Å². The van der Waals surface area contributed by atoms with Crippen LogP contribution in [0.3, 0.4) is 0 Å². The SMILES string of the molecule is O=C(Cn1nnc(-c2ccccn2)n1)N1CCCN1C(=O)C1(c2ccccc2)CC1. The molecular weight excluding hydrogens is 382 g/mol. The van der Waals surface area contributed by atoms with Gasteiger partial charge in [0.15, 0.2) is 0 Å². The second kappa shape index (κ2) is 7.33. The minimum atomic E-state index is -0.498. The van der Waals surface area contributed by atoms with E-state index in [1.54, 1.807) is 23.3 Å². The highest BCUT2D eigenvalue weighted by atomic mass is 16.2. The van der Waals surface area contributed by atoms with Crippen molar-refractivity contribution in [1.29, 1.82) is 0 Å². The molecule has 1 saturated carbocycles. The van der Waals surface area contributed by atoms with Gasteiger partial charge in [0.1, 0.15) is 12.2 Å². The number of carbonyl (C=O) groups is 2. The van der Waals surface area contributed by atoms with Gasteiger partial charge in [-0.1, -0.05) is 36.4 Å². The van der Waals surface area contributed by atoms with Gasteiger partial charge in [0.25, 0.3) is 11.8 Å². The van der Waals surface area contributed by atoms with E-state index in [1.165, 1.54) is 9.81 Å². The molecule has 3 heterocycles. The number of hydrazine groups is 1. The van der Waals surface area contributed by atoms with E-state index in [-0.39, 0.29) is 18.4 Å². The molecule has 3 aromatic rings. The first-order valence-electron chi connectivity index (χ1n) is 10.0. The summed E-state index contributed by atoms with van der Waals surface area (Å²) in [5.74, 6) is 0.133. The van der Waals surface area contributed by atoms with E-state index in [1.807, 2.05) is 36.4 Å². The fraction of sp³-hybridized carbons (Fsp3) is 0.333. The number of carbonyl (C=O) groups excluding carboxylic acids is 2. The fourth-order valence-electron chi connectivity index (χ4n) is 3.95. The summed E-state index contributed by atoms with van der Waals surface area (Å²) in [5.41, 5.74) is 1.11. The van der Waals surface area contributed by atoms with Crippen LogP contribution in [-0.4, -0.2) is 60.1 Å². The highest BCUT2D eigenvalue weighted by molar-refractivity contribution is 5.93. The number of tetrazole rings is 1. The first-order valence-corrected chi connectivity index (χ1v) is 10.0. The molecule has 0 N–H and O–H groups in total. The third-order valence-electron chi connectivity index (χ3n) is 5.66. The predicted molar refractivity (Wildman–Crippen MR) is 106 cm³/mol. The normalized spacial score (nSPS) is 17.2. The first-order chi connectivity index (χ1) is 14.7. The first kappa shape index (κ1) is 18.4. The third-order valence-corrected chi connectivity index (χ3v) is 5.66. The van der Waals surface area contributed by atoms with Crippen LogP contribution in [0.15, 0.2) is 54.7 Å². The van der Waals surface area contributed by atoms with Crippen molar-refractivity contribution in [2.75, 3.05) is 13.1 Å². The summed E-state index contributed by atoms with van der Waals surface area (Å²) in [6.45, 7) is 0.975. The Labute approximate surface area is 173 Å². The molecule has 0 radical (unpaired) electrons. The lowest BCUT2D eigenvalue weighted by Gasteiger charge is -2.31. The van der Waals surface area contributed by atoms with Crippen LogP contribution < -0.4 is 0 Å². The van der Waals surface area contributed by atoms with E-state index in [2.05, 4.69) is 20.4 Å². The van der Waals surface area contributed by atoms with Crippen LogP contribution in [0.1, 0.15) is 24.8 Å². The Hall–Kier alpha value is -3.62. The van der Waals surface area contributed by atoms with Gasteiger partial charge >= 0.3 is 0 Å². The largest absolute Gasteiger partial charge is 0.272 e. The minimum Gasteiger partial charge on any atom is -0.272 e. The summed E-state index contributed by atoms with van der Waals surface area (Å²) >= 11 is 0. The average molecular weight is 403 g/mol. The van der Waals surface area contributed by atoms with Gasteiger partial charge in [0, 0.05) is 19.3 Å². The molecule has 1 aromatic carbocycles. The Balaban J connectivity index is 1.30. The summed E-state index contributed by atoms with van der Waals surface area (Å²) in [6.07, 6.45) is 4.03. The standard InChI is InChI=1S/C21H21N7O2/c29-18(15-28-24-19(23-25-28)17-9-4-5-12-22-17)26-13-6-14-27(26)20(30)21(10-11-21)16-7-2-1-3-8-16/h1-5,7-9,12H,6,10-11,13-15H2. The van der Waals surface area contributed by atoms with Crippen LogP contribution in [-0.2, 0) is 21.5 Å². The van der Waals surface area contributed by atoms with Gasteiger partial charge in [-0.3, -0.25) is 19.6 Å². The number of benzene rings is 1. The Kier molecular flexibility index (Phi) is 4.50. The fourth-order valence-corrected chi connectivity index (χ4v) is 3.95. The third kappa shape index (κ3) is 3.22. The number of pyridine rings is 1. The molecule has 9 heteroatoms. The van der Waals surface area contributed by atoms with Crippen molar-refractivity contribution < 1.29 is 9.59 Å². The van der Waals surface area contributed by atoms with E-state index in [9.17, 15) is 9.59 Å². The molecule has 2 amide bonds. The maximum Gasteiger partial charge on any atom is 0.264 e. The van der Waals surface area contributed by atoms with Crippen molar-refractivity contribution in [3.63, 3.8) is 0 Å². The quantitative estimate of drug-likeness (QED) is 0.640. The molecule has 2 fully saturated rings. The Morgan fingerprint density at radius 2 is 1.73 bits per heavy atom. The number of hydrogen-bond donors (Lipinski definition) is 0. The van der Waals surface area contributed by atoms with Crippen molar-refractivity contribution in [3.8, 4) is 11.5 Å². The second-order valence-electron chi connectivity index (χ2n) is 7.61. The molecule has 2 aliphatic rings. The highest BCUT2D eigenvalue weighted by Gasteiger charge is 2.54. The van der Waals surface area contributed by atoms with Gasteiger partial charge in [0.2, 0.25) is 5.82 Å². The number of hydrogen-bond acceptors (Lipinski definition) is 6. The molecule has 2 aromatic heterocycles. The number of amides is 2. The van der Waals surface area contributed by atoms with Gasteiger partial charge < -0.3 is 0 Å². The Bertz CT molecular complexity index is 1060. The van der Waals surface area contributed by atoms with Gasteiger partial charge in [-0.25, -0.2) is 5.01 Å². The average Bonchev–Trinajstić information content (AvgIpc) is 3.22. The summed E-state index contributed by atoms with van der Waals surface area (Å²) in [6, 6.07) is 15.2. The molecule has 9 nitrogen and oxygen atoms in total. The zero-order valence-corrected chi connectivity index (χ0v) is 16.4. The van der Waals surface area contributed by atoms with Crippen molar-refractivity contribution in [3.05, 3.63) is 60.3 Å². The highest BCUT2D eigenvalue weighted by Crippen LogP contribution is 2.50. The van der Waals surface area contributed by atoms with E-state index in [0.29, 0.717) is 24.6 Å². The zero-order chi connectivity index (χ0) is 20.6. The molecule has 0 bridgehead atoms. The van der Waals surface area contributed by atoms with E-state index in [0.717, 1.165) is 24.8 Å². The van der Waals surface area contributed by atoms with E-state index < -0.39 is 5.41 Å². The van der Waals surface area contributed by atoms with Crippen LogP contribution in [0.2, 0.25) is 0 Å². The summed E-state index contributed by atoms with van der Waals surface area (Å²) < 4.78 is 0.